The van der Waals surface area contributed by atoms with E-state index < -0.39 is 5.41 Å². The lowest BCUT2D eigenvalue weighted by Gasteiger charge is -2.38. The Kier molecular flexibility index (Phi) is 9.65. The molecule has 2 heteroatoms. The topological polar surface area (TPSA) is 8.17 Å². The van der Waals surface area contributed by atoms with Crippen LogP contribution in [-0.2, 0) is 11.8 Å². The molecule has 0 saturated heterocycles. The van der Waals surface area contributed by atoms with Crippen molar-refractivity contribution >= 4 is 55.7 Å². The van der Waals surface area contributed by atoms with Gasteiger partial charge in [-0.05, 0) is 128 Å². The second kappa shape index (κ2) is 16.3. The molecule has 0 unspecified atom stereocenters. The van der Waals surface area contributed by atoms with Gasteiger partial charge in [0.25, 0.3) is 0 Å². The van der Waals surface area contributed by atoms with Crippen molar-refractivity contribution in [3.63, 3.8) is 0 Å². The Morgan fingerprint density at radius 2 is 1.05 bits per heavy atom. The van der Waals surface area contributed by atoms with Gasteiger partial charge < -0.3 is 9.47 Å². The first-order chi connectivity index (χ1) is 32.6. The summed E-state index contributed by atoms with van der Waals surface area (Å²) in [5.41, 5.74) is 16.8. The van der Waals surface area contributed by atoms with E-state index in [0.29, 0.717) is 0 Å². The SMILES string of the molecule is C=C1/C=C\c2ccccc2Cc2ccc(-n3c4cc(-c5cccc(N(c6ccccc6)c6ccccc6)c5)ccc4c4c5ccccc5ccc43)cc2C1(c1ccccc1)c1ccccc1. The van der Waals surface area contributed by atoms with Gasteiger partial charge in [-0.25, -0.2) is 0 Å². The van der Waals surface area contributed by atoms with Gasteiger partial charge in [-0.3, -0.25) is 0 Å². The molecule has 1 aromatic heterocycles. The van der Waals surface area contributed by atoms with Crippen LogP contribution in [0.25, 0.3) is 55.5 Å². The highest BCUT2D eigenvalue weighted by Crippen LogP contribution is 2.49. The Balaban J connectivity index is 1.12. The van der Waals surface area contributed by atoms with Crippen molar-refractivity contribution in [1.29, 1.82) is 0 Å². The number of anilines is 3. The van der Waals surface area contributed by atoms with Crippen molar-refractivity contribution in [2.45, 2.75) is 11.8 Å². The van der Waals surface area contributed by atoms with Crippen LogP contribution in [0.3, 0.4) is 0 Å². The average Bonchev–Trinajstić information content (AvgIpc) is 3.74. The summed E-state index contributed by atoms with van der Waals surface area (Å²) in [4.78, 5) is 2.33. The van der Waals surface area contributed by atoms with E-state index in [1.807, 2.05) is 0 Å². The Bertz CT molecular complexity index is 3540. The zero-order chi connectivity index (χ0) is 44.0. The fourth-order valence-electron chi connectivity index (χ4n) is 10.7. The van der Waals surface area contributed by atoms with Crippen LogP contribution < -0.4 is 4.90 Å². The number of fused-ring (bicyclic) bond motifs is 7. The van der Waals surface area contributed by atoms with Crippen molar-refractivity contribution in [2.75, 3.05) is 4.90 Å². The van der Waals surface area contributed by atoms with Crippen molar-refractivity contribution in [1.82, 2.24) is 4.57 Å². The number of aromatic nitrogens is 1. The van der Waals surface area contributed by atoms with Crippen LogP contribution in [0.2, 0.25) is 0 Å². The summed E-state index contributed by atoms with van der Waals surface area (Å²) in [7, 11) is 0. The Morgan fingerprint density at radius 3 is 1.77 bits per heavy atom. The third kappa shape index (κ3) is 6.49. The van der Waals surface area contributed by atoms with Gasteiger partial charge in [0.1, 0.15) is 0 Å². The number of para-hydroxylation sites is 2. The summed E-state index contributed by atoms with van der Waals surface area (Å²) in [6.45, 7) is 4.97. The van der Waals surface area contributed by atoms with E-state index >= 15 is 0 Å². The van der Waals surface area contributed by atoms with E-state index in [-0.39, 0.29) is 0 Å². The molecule has 12 rings (SSSR count). The van der Waals surface area contributed by atoms with E-state index in [9.17, 15) is 0 Å². The fraction of sp³-hybridized carbons (Fsp3) is 0.0312. The van der Waals surface area contributed by atoms with E-state index in [1.165, 1.54) is 60.4 Å². The van der Waals surface area contributed by atoms with Gasteiger partial charge in [-0.15, -0.1) is 0 Å². The van der Waals surface area contributed by atoms with Crippen LogP contribution in [0.15, 0.2) is 261 Å². The molecule has 0 amide bonds. The lowest BCUT2D eigenvalue weighted by molar-refractivity contribution is 0.736. The van der Waals surface area contributed by atoms with Crippen LogP contribution >= 0.6 is 0 Å². The van der Waals surface area contributed by atoms with Crippen molar-refractivity contribution in [2.24, 2.45) is 0 Å². The molecule has 10 aromatic carbocycles. The molecule has 0 bridgehead atoms. The van der Waals surface area contributed by atoms with Gasteiger partial charge in [-0.1, -0.05) is 201 Å². The zero-order valence-corrected chi connectivity index (χ0v) is 36.6. The first-order valence-electron chi connectivity index (χ1n) is 22.8. The van der Waals surface area contributed by atoms with Crippen LogP contribution in [0.4, 0.5) is 17.1 Å². The normalized spacial score (nSPS) is 13.7. The summed E-state index contributed by atoms with van der Waals surface area (Å²) in [5, 5.41) is 4.95. The number of benzene rings is 10. The van der Waals surface area contributed by atoms with Crippen LogP contribution in [0.5, 0.6) is 0 Å². The standard InChI is InChI=1S/C64H46N2/c1-45-33-34-46-19-14-15-21-48(46)41-51-35-38-57(44-60(51)64(45,52-23-6-2-7-24-52)53-25-8-3-9-26-53)66-61-40-37-47-20-16-17-32-58(47)63(61)59-39-36-50(43-62(59)66)49-22-18-31-56(42-49)65(54-27-10-4-11-28-54)55-29-12-5-13-30-55/h2-40,42-44H,1,41H2/b34-33-. The summed E-state index contributed by atoms with van der Waals surface area (Å²) < 4.78 is 2.50. The molecule has 1 heterocycles. The highest BCUT2D eigenvalue weighted by molar-refractivity contribution is 6.21. The Hall–Kier alpha value is -8.46. The third-order valence-electron chi connectivity index (χ3n) is 13.7. The summed E-state index contributed by atoms with van der Waals surface area (Å²) in [5.74, 6) is 0. The van der Waals surface area contributed by atoms with E-state index in [0.717, 1.165) is 51.4 Å². The number of allylic oxidation sites excluding steroid dienone is 2. The van der Waals surface area contributed by atoms with Gasteiger partial charge in [-0.2, -0.15) is 0 Å². The number of hydrogen-bond donors (Lipinski definition) is 0. The van der Waals surface area contributed by atoms with Crippen molar-refractivity contribution in [3.8, 4) is 16.8 Å². The molecule has 0 spiro atoms. The van der Waals surface area contributed by atoms with E-state index in [4.69, 9.17) is 6.58 Å². The Morgan fingerprint density at radius 1 is 0.424 bits per heavy atom. The van der Waals surface area contributed by atoms with E-state index in [1.54, 1.807) is 0 Å². The molecule has 0 aliphatic heterocycles. The van der Waals surface area contributed by atoms with Crippen molar-refractivity contribution in [3.05, 3.63) is 294 Å². The minimum absolute atomic E-state index is 0.688. The second-order valence-electron chi connectivity index (χ2n) is 17.4. The second-order valence-corrected chi connectivity index (χ2v) is 17.4. The molecule has 0 saturated carbocycles. The highest BCUT2D eigenvalue weighted by atomic mass is 15.1. The summed E-state index contributed by atoms with van der Waals surface area (Å²) in [6, 6.07) is 88.6. The monoisotopic (exact) mass is 842 g/mol. The molecule has 0 radical (unpaired) electrons. The number of rotatable bonds is 7. The minimum Gasteiger partial charge on any atom is -0.310 e. The number of nitrogens with zero attached hydrogens (tertiary/aromatic N) is 2. The molecule has 0 fully saturated rings. The molecule has 312 valence electrons. The maximum atomic E-state index is 4.97. The molecule has 1 aliphatic carbocycles. The lowest BCUT2D eigenvalue weighted by Crippen LogP contribution is -2.32. The third-order valence-corrected chi connectivity index (χ3v) is 13.7. The van der Waals surface area contributed by atoms with E-state index in [2.05, 4.69) is 264 Å². The lowest BCUT2D eigenvalue weighted by atomic mass is 9.63. The van der Waals surface area contributed by atoms with Crippen LogP contribution in [-0.4, -0.2) is 4.57 Å². The zero-order valence-electron chi connectivity index (χ0n) is 36.6. The Labute approximate surface area is 386 Å². The first-order valence-corrected chi connectivity index (χ1v) is 22.8. The van der Waals surface area contributed by atoms with Gasteiger partial charge in [0.2, 0.25) is 0 Å². The first kappa shape index (κ1) is 39.2. The molecule has 1 aliphatic rings. The molecule has 0 atom stereocenters. The molecular formula is C64H46N2. The molecule has 11 aromatic rings. The highest BCUT2D eigenvalue weighted by Gasteiger charge is 2.40. The smallest absolute Gasteiger partial charge is 0.0699 e. The maximum Gasteiger partial charge on any atom is 0.0699 e. The largest absolute Gasteiger partial charge is 0.310 e. The molecule has 0 N–H and O–H groups in total. The van der Waals surface area contributed by atoms with Gasteiger partial charge in [0.15, 0.2) is 0 Å². The van der Waals surface area contributed by atoms with Gasteiger partial charge in [0.05, 0.1) is 16.4 Å². The van der Waals surface area contributed by atoms with Crippen LogP contribution in [0, 0.1) is 0 Å². The maximum absolute atomic E-state index is 4.97. The van der Waals surface area contributed by atoms with Gasteiger partial charge >= 0.3 is 0 Å². The molecular weight excluding hydrogens is 797 g/mol. The fourth-order valence-corrected chi connectivity index (χ4v) is 10.7. The van der Waals surface area contributed by atoms with Crippen LogP contribution in [0.1, 0.15) is 33.4 Å². The molecule has 66 heavy (non-hydrogen) atoms. The quantitative estimate of drug-likeness (QED) is 0.155. The molecule has 2 nitrogen and oxygen atoms in total. The average molecular weight is 843 g/mol. The predicted octanol–water partition coefficient (Wildman–Crippen LogP) is 16.6. The summed E-state index contributed by atoms with van der Waals surface area (Å²) in [6.07, 6.45) is 5.30. The van der Waals surface area contributed by atoms with Crippen molar-refractivity contribution < 1.29 is 0 Å². The minimum atomic E-state index is -0.688. The number of hydrogen-bond acceptors (Lipinski definition) is 1. The predicted molar refractivity (Wildman–Crippen MR) is 279 cm³/mol. The summed E-state index contributed by atoms with van der Waals surface area (Å²) >= 11 is 0. The van der Waals surface area contributed by atoms with Gasteiger partial charge in [0, 0.05) is 33.5 Å².